The molecule has 0 aliphatic heterocycles. The van der Waals surface area contributed by atoms with E-state index in [1.165, 1.54) is 11.1 Å². The predicted octanol–water partition coefficient (Wildman–Crippen LogP) is 3.01. The first-order valence-electron chi connectivity index (χ1n) is 4.07. The van der Waals surface area contributed by atoms with Crippen LogP contribution >= 0.6 is 0 Å². The van der Waals surface area contributed by atoms with Crippen LogP contribution in [0.25, 0.3) is 0 Å². The fourth-order valence-electron chi connectivity index (χ4n) is 1.13. The molecule has 0 heterocycles. The summed E-state index contributed by atoms with van der Waals surface area (Å²) in [7, 11) is 0. The van der Waals surface area contributed by atoms with E-state index in [1.807, 2.05) is 0 Å². The molecule has 1 unspecified atom stereocenters. The zero-order valence-electron chi connectivity index (χ0n) is 7.30. The standard InChI is InChI=1S/C11H15/c1-9(2)8-11-6-4-10(3)5-7-11/h4-7,9H,1,8H2,2-3H3. The van der Waals surface area contributed by atoms with Crippen LogP contribution in [0, 0.1) is 19.8 Å². The average Bonchev–Trinajstić information content (AvgIpc) is 1.93. The van der Waals surface area contributed by atoms with Gasteiger partial charge in [-0.2, -0.15) is 0 Å². The van der Waals surface area contributed by atoms with Crippen molar-refractivity contribution in [1.29, 1.82) is 0 Å². The van der Waals surface area contributed by atoms with Crippen LogP contribution in [0.3, 0.4) is 0 Å². The summed E-state index contributed by atoms with van der Waals surface area (Å²) in [5.74, 6) is 0.512. The highest BCUT2D eigenvalue weighted by Crippen LogP contribution is 2.08. The van der Waals surface area contributed by atoms with E-state index in [9.17, 15) is 0 Å². The van der Waals surface area contributed by atoms with Crippen molar-refractivity contribution in [2.45, 2.75) is 20.3 Å². The van der Waals surface area contributed by atoms with Crippen LogP contribution < -0.4 is 0 Å². The summed E-state index contributed by atoms with van der Waals surface area (Å²) in [4.78, 5) is 0. The molecule has 1 aromatic rings. The summed E-state index contributed by atoms with van der Waals surface area (Å²) in [6, 6.07) is 8.66. The molecule has 59 valence electrons. The highest BCUT2D eigenvalue weighted by atomic mass is 14.0. The molecule has 0 bridgehead atoms. The van der Waals surface area contributed by atoms with Crippen LogP contribution in [-0.2, 0) is 6.42 Å². The first kappa shape index (κ1) is 8.32. The van der Waals surface area contributed by atoms with E-state index in [2.05, 4.69) is 45.0 Å². The van der Waals surface area contributed by atoms with Crippen molar-refractivity contribution in [3.63, 3.8) is 0 Å². The van der Waals surface area contributed by atoms with Gasteiger partial charge in [-0.1, -0.05) is 43.7 Å². The van der Waals surface area contributed by atoms with E-state index in [0.29, 0.717) is 5.92 Å². The van der Waals surface area contributed by atoms with Crippen molar-refractivity contribution in [1.82, 2.24) is 0 Å². The van der Waals surface area contributed by atoms with Gasteiger partial charge >= 0.3 is 0 Å². The smallest absolute Gasteiger partial charge is 0.0253 e. The van der Waals surface area contributed by atoms with Crippen LogP contribution in [-0.4, -0.2) is 0 Å². The molecule has 0 aromatic heterocycles. The Kier molecular flexibility index (Phi) is 2.70. The second-order valence-electron chi connectivity index (χ2n) is 3.29. The lowest BCUT2D eigenvalue weighted by atomic mass is 10.0. The van der Waals surface area contributed by atoms with Crippen LogP contribution in [0.4, 0.5) is 0 Å². The van der Waals surface area contributed by atoms with Gasteiger partial charge in [-0.3, -0.25) is 0 Å². The summed E-state index contributed by atoms with van der Waals surface area (Å²) in [6.07, 6.45) is 1.08. The van der Waals surface area contributed by atoms with Gasteiger partial charge in [-0.05, 0) is 24.8 Å². The highest BCUT2D eigenvalue weighted by molar-refractivity contribution is 5.21. The van der Waals surface area contributed by atoms with E-state index in [-0.39, 0.29) is 0 Å². The molecule has 1 rings (SSSR count). The highest BCUT2D eigenvalue weighted by Gasteiger charge is 1.95. The normalized spacial score (nSPS) is 10.5. The van der Waals surface area contributed by atoms with Crippen molar-refractivity contribution in [2.24, 2.45) is 5.92 Å². The van der Waals surface area contributed by atoms with Gasteiger partial charge in [0.1, 0.15) is 0 Å². The van der Waals surface area contributed by atoms with Gasteiger partial charge < -0.3 is 0 Å². The molecule has 0 nitrogen and oxygen atoms in total. The zero-order valence-corrected chi connectivity index (χ0v) is 7.30. The maximum atomic E-state index is 3.96. The molecular weight excluding hydrogens is 132 g/mol. The lowest BCUT2D eigenvalue weighted by molar-refractivity contribution is 0.719. The summed E-state index contributed by atoms with van der Waals surface area (Å²) < 4.78 is 0. The lowest BCUT2D eigenvalue weighted by Gasteiger charge is -2.03. The quantitative estimate of drug-likeness (QED) is 0.603. The molecule has 1 atom stereocenters. The van der Waals surface area contributed by atoms with Crippen molar-refractivity contribution in [3.05, 3.63) is 42.3 Å². The van der Waals surface area contributed by atoms with Crippen LogP contribution in [0.2, 0.25) is 0 Å². The van der Waals surface area contributed by atoms with Crippen LogP contribution in [0.15, 0.2) is 24.3 Å². The molecule has 0 aliphatic carbocycles. The number of rotatable bonds is 2. The molecule has 0 saturated heterocycles. The van der Waals surface area contributed by atoms with E-state index in [1.54, 1.807) is 0 Å². The Morgan fingerprint density at radius 3 is 2.27 bits per heavy atom. The third kappa shape index (κ3) is 2.75. The largest absolute Gasteiger partial charge is 0.0622 e. The number of hydrogen-bond acceptors (Lipinski definition) is 0. The van der Waals surface area contributed by atoms with Gasteiger partial charge in [0.15, 0.2) is 0 Å². The monoisotopic (exact) mass is 147 g/mol. The fraction of sp³-hybridized carbons (Fsp3) is 0.364. The number of aryl methyl sites for hydroxylation is 1. The van der Waals surface area contributed by atoms with Gasteiger partial charge in [0.25, 0.3) is 0 Å². The Hall–Kier alpha value is -0.780. The predicted molar refractivity (Wildman–Crippen MR) is 49.4 cm³/mol. The Labute approximate surface area is 69.3 Å². The Morgan fingerprint density at radius 1 is 1.27 bits per heavy atom. The summed E-state index contributed by atoms with van der Waals surface area (Å²) in [5.41, 5.74) is 2.71. The molecule has 0 fully saturated rings. The minimum atomic E-state index is 0.512. The maximum Gasteiger partial charge on any atom is -0.0253 e. The molecule has 0 aliphatic rings. The first-order chi connectivity index (χ1) is 5.18. The fourth-order valence-corrected chi connectivity index (χ4v) is 1.13. The van der Waals surface area contributed by atoms with E-state index in [0.717, 1.165) is 6.42 Å². The number of benzene rings is 1. The Morgan fingerprint density at radius 2 is 1.82 bits per heavy atom. The SMILES string of the molecule is [CH2]C(C)Cc1ccc(C)cc1. The molecule has 0 N–H and O–H groups in total. The lowest BCUT2D eigenvalue weighted by Crippen LogP contribution is -1.93. The molecule has 0 saturated carbocycles. The van der Waals surface area contributed by atoms with E-state index >= 15 is 0 Å². The molecular formula is C11H15. The van der Waals surface area contributed by atoms with Gasteiger partial charge in [0, 0.05) is 0 Å². The van der Waals surface area contributed by atoms with E-state index < -0.39 is 0 Å². The molecule has 0 heteroatoms. The van der Waals surface area contributed by atoms with Crippen LogP contribution in [0.1, 0.15) is 18.1 Å². The molecule has 1 radical (unpaired) electrons. The molecule has 1 aromatic carbocycles. The molecule has 0 amide bonds. The topological polar surface area (TPSA) is 0 Å². The first-order valence-corrected chi connectivity index (χ1v) is 4.07. The molecule has 0 spiro atoms. The van der Waals surface area contributed by atoms with Crippen molar-refractivity contribution in [3.8, 4) is 0 Å². The van der Waals surface area contributed by atoms with Gasteiger partial charge in [0.2, 0.25) is 0 Å². The van der Waals surface area contributed by atoms with Crippen molar-refractivity contribution < 1.29 is 0 Å². The minimum Gasteiger partial charge on any atom is -0.0622 e. The molecule has 11 heavy (non-hydrogen) atoms. The third-order valence-corrected chi connectivity index (χ3v) is 1.70. The van der Waals surface area contributed by atoms with E-state index in [4.69, 9.17) is 0 Å². The zero-order chi connectivity index (χ0) is 8.27. The van der Waals surface area contributed by atoms with Crippen molar-refractivity contribution >= 4 is 0 Å². The van der Waals surface area contributed by atoms with Gasteiger partial charge in [-0.15, -0.1) is 0 Å². The van der Waals surface area contributed by atoms with Crippen molar-refractivity contribution in [2.75, 3.05) is 0 Å². The number of hydrogen-bond donors (Lipinski definition) is 0. The summed E-state index contributed by atoms with van der Waals surface area (Å²) in [5, 5.41) is 0. The summed E-state index contributed by atoms with van der Waals surface area (Å²) >= 11 is 0. The second kappa shape index (κ2) is 3.56. The van der Waals surface area contributed by atoms with Gasteiger partial charge in [0.05, 0.1) is 0 Å². The minimum absolute atomic E-state index is 0.512. The van der Waals surface area contributed by atoms with Gasteiger partial charge in [-0.25, -0.2) is 0 Å². The third-order valence-electron chi connectivity index (χ3n) is 1.70. The summed E-state index contributed by atoms with van der Waals surface area (Å²) in [6.45, 7) is 8.20. The maximum absolute atomic E-state index is 3.96. The average molecular weight is 147 g/mol. The second-order valence-corrected chi connectivity index (χ2v) is 3.29. The Balaban J connectivity index is 2.66. The van der Waals surface area contributed by atoms with Crippen LogP contribution in [0.5, 0.6) is 0 Å². The Bertz CT molecular complexity index is 206.